The minimum Gasteiger partial charge on any atom is -0.480 e. The summed E-state index contributed by atoms with van der Waals surface area (Å²) in [5.74, 6) is -0.950. The Kier molecular flexibility index (Phi) is 8.18. The van der Waals surface area contributed by atoms with Crippen molar-refractivity contribution in [2.75, 3.05) is 11.4 Å². The molecule has 7 nitrogen and oxygen atoms in total. The molecule has 188 valence electrons. The van der Waals surface area contributed by atoms with E-state index in [0.717, 1.165) is 11.1 Å². The van der Waals surface area contributed by atoms with Crippen LogP contribution in [0.15, 0.2) is 77.7 Å². The van der Waals surface area contributed by atoms with E-state index in [-0.39, 0.29) is 4.90 Å². The number of nitriles is 1. The van der Waals surface area contributed by atoms with Gasteiger partial charge in [-0.3, -0.25) is 0 Å². The molecule has 3 rings (SSSR count). The van der Waals surface area contributed by atoms with Crippen molar-refractivity contribution in [2.45, 2.75) is 50.6 Å². The zero-order valence-corrected chi connectivity index (χ0v) is 21.7. The Bertz CT molecular complexity index is 1370. The van der Waals surface area contributed by atoms with E-state index in [1.165, 1.54) is 0 Å². The summed E-state index contributed by atoms with van der Waals surface area (Å²) in [4.78, 5) is 13.7. The van der Waals surface area contributed by atoms with E-state index >= 15 is 0 Å². The number of rotatable bonds is 9. The first-order valence-corrected chi connectivity index (χ1v) is 13.1. The fraction of sp³-hybridized carbons (Fsp3) is 0.286. The largest absolute Gasteiger partial charge is 0.480 e. The van der Waals surface area contributed by atoms with Crippen molar-refractivity contribution in [3.63, 3.8) is 0 Å². The lowest BCUT2D eigenvalue weighted by molar-refractivity contribution is -0.138. The quantitative estimate of drug-likeness (QED) is 0.431. The van der Waals surface area contributed by atoms with Crippen LogP contribution >= 0.6 is 0 Å². The van der Waals surface area contributed by atoms with Crippen LogP contribution in [0.2, 0.25) is 0 Å². The van der Waals surface area contributed by atoms with Gasteiger partial charge in [-0.15, -0.1) is 0 Å². The SMILES string of the molecule is CC(C(=O)O)N(CCc1ccc(-c2ccccc2S(=O)(=O)NC(C)(C)C)cc1)c1cccc(C#N)c1. The number of nitrogens with one attached hydrogen (secondary N) is 1. The van der Waals surface area contributed by atoms with Crippen molar-refractivity contribution in [2.24, 2.45) is 0 Å². The van der Waals surface area contributed by atoms with Gasteiger partial charge >= 0.3 is 5.97 Å². The lowest BCUT2D eigenvalue weighted by Gasteiger charge is -2.29. The second-order valence-electron chi connectivity index (χ2n) is 9.67. The number of aliphatic carboxylic acids is 1. The highest BCUT2D eigenvalue weighted by Gasteiger charge is 2.25. The van der Waals surface area contributed by atoms with Gasteiger partial charge in [-0.05, 0) is 69.5 Å². The molecule has 3 aromatic rings. The molecule has 3 aromatic carbocycles. The monoisotopic (exact) mass is 505 g/mol. The molecule has 0 aromatic heterocycles. The number of hydrogen-bond acceptors (Lipinski definition) is 5. The topological polar surface area (TPSA) is 110 Å². The summed E-state index contributed by atoms with van der Waals surface area (Å²) < 4.78 is 28.7. The molecule has 2 N–H and O–H groups in total. The van der Waals surface area contributed by atoms with Crippen LogP contribution in [0.1, 0.15) is 38.8 Å². The van der Waals surface area contributed by atoms with Gasteiger partial charge in [0, 0.05) is 23.3 Å². The Morgan fingerprint density at radius 3 is 2.33 bits per heavy atom. The predicted octanol–water partition coefficient (Wildman–Crippen LogP) is 4.82. The number of sulfonamides is 1. The molecule has 0 bridgehead atoms. The van der Waals surface area contributed by atoms with Gasteiger partial charge < -0.3 is 10.0 Å². The minimum atomic E-state index is -3.72. The highest BCUT2D eigenvalue weighted by atomic mass is 32.2. The lowest BCUT2D eigenvalue weighted by Crippen LogP contribution is -2.40. The molecule has 1 atom stereocenters. The second-order valence-corrected chi connectivity index (χ2v) is 11.3. The van der Waals surface area contributed by atoms with Crippen LogP contribution in [0.5, 0.6) is 0 Å². The Hall–Kier alpha value is -3.67. The summed E-state index contributed by atoms with van der Waals surface area (Å²) in [6.45, 7) is 7.45. The third kappa shape index (κ3) is 6.72. The van der Waals surface area contributed by atoms with Crippen molar-refractivity contribution in [3.8, 4) is 17.2 Å². The van der Waals surface area contributed by atoms with Gasteiger partial charge in [0.2, 0.25) is 10.0 Å². The summed E-state index contributed by atoms with van der Waals surface area (Å²) in [6.07, 6.45) is 0.570. The number of carboxylic acids is 1. The molecule has 0 saturated heterocycles. The lowest BCUT2D eigenvalue weighted by atomic mass is 10.0. The smallest absolute Gasteiger partial charge is 0.326 e. The third-order valence-corrected chi connectivity index (χ3v) is 7.47. The molecule has 0 aliphatic carbocycles. The number of anilines is 1. The number of hydrogen-bond donors (Lipinski definition) is 2. The fourth-order valence-electron chi connectivity index (χ4n) is 3.93. The van der Waals surface area contributed by atoms with Gasteiger partial charge in [-0.2, -0.15) is 5.26 Å². The third-order valence-electron chi connectivity index (χ3n) is 5.66. The first-order chi connectivity index (χ1) is 16.9. The number of benzene rings is 3. The van der Waals surface area contributed by atoms with Crippen molar-refractivity contribution < 1.29 is 18.3 Å². The second kappa shape index (κ2) is 10.9. The molecule has 1 unspecified atom stereocenters. The summed E-state index contributed by atoms with van der Waals surface area (Å²) in [5, 5.41) is 18.8. The molecule has 0 amide bonds. The van der Waals surface area contributed by atoms with E-state index in [9.17, 15) is 23.6 Å². The zero-order chi connectivity index (χ0) is 26.5. The van der Waals surface area contributed by atoms with Crippen molar-refractivity contribution in [1.82, 2.24) is 4.72 Å². The fourth-order valence-corrected chi connectivity index (χ4v) is 5.58. The first-order valence-electron chi connectivity index (χ1n) is 11.6. The van der Waals surface area contributed by atoms with E-state index in [1.807, 2.05) is 24.3 Å². The van der Waals surface area contributed by atoms with Crippen LogP contribution in [0.25, 0.3) is 11.1 Å². The van der Waals surface area contributed by atoms with Gasteiger partial charge in [0.1, 0.15) is 6.04 Å². The maximum atomic E-state index is 13.0. The Balaban J connectivity index is 1.84. The molecule has 0 aliphatic rings. The number of nitrogens with zero attached hydrogens (tertiary/aromatic N) is 2. The van der Waals surface area contributed by atoms with Crippen LogP contribution in [-0.2, 0) is 21.2 Å². The van der Waals surface area contributed by atoms with E-state index < -0.39 is 27.6 Å². The highest BCUT2D eigenvalue weighted by molar-refractivity contribution is 7.89. The molecule has 36 heavy (non-hydrogen) atoms. The molecule has 0 aliphatic heterocycles. The maximum absolute atomic E-state index is 13.0. The molecular formula is C28H31N3O4S. The summed E-state index contributed by atoms with van der Waals surface area (Å²) in [7, 11) is -3.72. The van der Waals surface area contributed by atoms with Gasteiger partial charge in [0.25, 0.3) is 0 Å². The zero-order valence-electron chi connectivity index (χ0n) is 20.9. The first kappa shape index (κ1) is 26.9. The average Bonchev–Trinajstić information content (AvgIpc) is 2.83. The molecule has 0 heterocycles. The average molecular weight is 506 g/mol. The molecule has 0 saturated carbocycles. The Morgan fingerprint density at radius 2 is 1.72 bits per heavy atom. The van der Waals surface area contributed by atoms with Crippen molar-refractivity contribution >= 4 is 21.7 Å². The van der Waals surface area contributed by atoms with E-state index in [1.54, 1.807) is 81.1 Å². The van der Waals surface area contributed by atoms with Crippen LogP contribution in [0, 0.1) is 11.3 Å². The summed E-state index contributed by atoms with van der Waals surface area (Å²) in [6, 6.07) is 22.7. The van der Waals surface area contributed by atoms with Gasteiger partial charge in [0.05, 0.1) is 16.5 Å². The molecule has 0 spiro atoms. The Labute approximate surface area is 213 Å². The minimum absolute atomic E-state index is 0.214. The normalized spacial score (nSPS) is 12.5. The van der Waals surface area contributed by atoms with Crippen molar-refractivity contribution in [1.29, 1.82) is 5.26 Å². The standard InChI is InChI=1S/C28H31N3O4S/c1-20(27(32)33)31(24-9-7-8-22(18-24)19-29)17-16-21-12-14-23(15-13-21)25-10-5-6-11-26(25)36(34,35)30-28(2,3)4/h5-15,18,20,30H,16-17H2,1-4H3,(H,32,33). The predicted molar refractivity (Wildman–Crippen MR) is 141 cm³/mol. The van der Waals surface area contributed by atoms with Crippen LogP contribution in [0.3, 0.4) is 0 Å². The molecule has 8 heteroatoms. The molecular weight excluding hydrogens is 474 g/mol. The van der Waals surface area contributed by atoms with Gasteiger partial charge in [-0.1, -0.05) is 48.5 Å². The highest BCUT2D eigenvalue weighted by Crippen LogP contribution is 2.28. The van der Waals surface area contributed by atoms with E-state index in [2.05, 4.69) is 10.8 Å². The summed E-state index contributed by atoms with van der Waals surface area (Å²) in [5.41, 5.74) is 2.88. The molecule has 0 radical (unpaired) electrons. The van der Waals surface area contributed by atoms with E-state index in [4.69, 9.17) is 0 Å². The Morgan fingerprint density at radius 1 is 1.06 bits per heavy atom. The van der Waals surface area contributed by atoms with Crippen LogP contribution < -0.4 is 9.62 Å². The number of carboxylic acid groups (broad SMARTS) is 1. The van der Waals surface area contributed by atoms with Crippen molar-refractivity contribution in [3.05, 3.63) is 83.9 Å². The number of carbonyl (C=O) groups is 1. The van der Waals surface area contributed by atoms with E-state index in [0.29, 0.717) is 29.8 Å². The maximum Gasteiger partial charge on any atom is 0.326 e. The van der Waals surface area contributed by atoms with Gasteiger partial charge in [0.15, 0.2) is 0 Å². The van der Waals surface area contributed by atoms with Crippen LogP contribution in [-0.4, -0.2) is 37.6 Å². The summed E-state index contributed by atoms with van der Waals surface area (Å²) >= 11 is 0. The van der Waals surface area contributed by atoms with Gasteiger partial charge in [-0.25, -0.2) is 17.9 Å². The molecule has 0 fully saturated rings. The van der Waals surface area contributed by atoms with Crippen LogP contribution in [0.4, 0.5) is 5.69 Å².